The van der Waals surface area contributed by atoms with Gasteiger partial charge >= 0.3 is 0 Å². The molecule has 106 valence electrons. The second-order valence-corrected chi connectivity index (χ2v) is 5.44. The molecule has 0 N–H and O–H groups in total. The molecule has 1 fully saturated rings. The summed E-state index contributed by atoms with van der Waals surface area (Å²) in [5.41, 5.74) is 0. The average Bonchev–Trinajstić information content (AvgIpc) is 2.84. The van der Waals surface area contributed by atoms with E-state index >= 15 is 0 Å². The Morgan fingerprint density at radius 1 is 1.47 bits per heavy atom. The first-order valence-corrected chi connectivity index (χ1v) is 7.28. The van der Waals surface area contributed by atoms with Crippen LogP contribution in [-0.4, -0.2) is 34.0 Å². The van der Waals surface area contributed by atoms with Crippen LogP contribution in [0.3, 0.4) is 0 Å². The molecule has 0 unspecified atom stereocenters. The zero-order valence-electron chi connectivity index (χ0n) is 11.9. The molecule has 1 aromatic rings. The number of hydrogen-bond donors (Lipinski definition) is 0. The number of likely N-dealkylation sites (tertiary alicyclic amines) is 1. The number of amides is 1. The maximum Gasteiger partial charge on any atom is 0.227 e. The van der Waals surface area contributed by atoms with Crippen molar-refractivity contribution in [3.05, 3.63) is 11.7 Å². The summed E-state index contributed by atoms with van der Waals surface area (Å²) >= 11 is 0. The van der Waals surface area contributed by atoms with Gasteiger partial charge in [-0.2, -0.15) is 4.98 Å². The van der Waals surface area contributed by atoms with Crippen LogP contribution in [0, 0.1) is 5.92 Å². The lowest BCUT2D eigenvalue weighted by atomic mass is 10.00. The molecule has 1 aromatic heterocycles. The lowest BCUT2D eigenvalue weighted by Crippen LogP contribution is -2.39. The van der Waals surface area contributed by atoms with Crippen molar-refractivity contribution >= 4 is 5.91 Å². The first kappa shape index (κ1) is 14.0. The summed E-state index contributed by atoms with van der Waals surface area (Å²) in [6.45, 7) is 6.07. The number of aryl methyl sites for hydroxylation is 2. The molecule has 5 heteroatoms. The molecule has 0 aliphatic carbocycles. The van der Waals surface area contributed by atoms with Gasteiger partial charge < -0.3 is 9.42 Å². The van der Waals surface area contributed by atoms with E-state index in [-0.39, 0.29) is 5.91 Å². The molecule has 0 aromatic carbocycles. The zero-order chi connectivity index (χ0) is 13.7. The lowest BCUT2D eigenvalue weighted by molar-refractivity contribution is -0.132. The van der Waals surface area contributed by atoms with Gasteiger partial charge in [-0.05, 0) is 25.2 Å². The Balaban J connectivity index is 1.79. The maximum atomic E-state index is 12.1. The van der Waals surface area contributed by atoms with Gasteiger partial charge in [0.2, 0.25) is 11.8 Å². The summed E-state index contributed by atoms with van der Waals surface area (Å²) < 4.78 is 5.14. The summed E-state index contributed by atoms with van der Waals surface area (Å²) in [6, 6.07) is 0. The van der Waals surface area contributed by atoms with E-state index in [1.165, 1.54) is 6.42 Å². The van der Waals surface area contributed by atoms with E-state index < -0.39 is 0 Å². The molecule has 1 amide bonds. The van der Waals surface area contributed by atoms with E-state index in [2.05, 4.69) is 24.0 Å². The highest BCUT2D eigenvalue weighted by molar-refractivity contribution is 5.76. The lowest BCUT2D eigenvalue weighted by Gasteiger charge is -2.30. The van der Waals surface area contributed by atoms with E-state index in [0.717, 1.165) is 38.2 Å². The van der Waals surface area contributed by atoms with Crippen LogP contribution >= 0.6 is 0 Å². The monoisotopic (exact) mass is 265 g/mol. The van der Waals surface area contributed by atoms with Gasteiger partial charge in [0.05, 0.1) is 0 Å². The summed E-state index contributed by atoms with van der Waals surface area (Å²) in [6.07, 6.45) is 5.22. The fraction of sp³-hybridized carbons (Fsp3) is 0.786. The molecule has 2 heterocycles. The molecule has 1 aliphatic rings. The Bertz CT molecular complexity index is 417. The summed E-state index contributed by atoms with van der Waals surface area (Å²) in [7, 11) is 0. The highest BCUT2D eigenvalue weighted by Crippen LogP contribution is 2.16. The second kappa shape index (κ2) is 6.68. The van der Waals surface area contributed by atoms with Crippen LogP contribution in [-0.2, 0) is 17.6 Å². The number of nitrogens with zero attached hydrogens (tertiary/aromatic N) is 3. The van der Waals surface area contributed by atoms with Crippen LogP contribution < -0.4 is 0 Å². The van der Waals surface area contributed by atoms with Crippen LogP contribution in [0.2, 0.25) is 0 Å². The molecule has 0 radical (unpaired) electrons. The van der Waals surface area contributed by atoms with E-state index in [9.17, 15) is 4.79 Å². The third-order valence-electron chi connectivity index (χ3n) is 3.55. The molecule has 0 saturated carbocycles. The number of carbonyl (C=O) groups is 1. The highest BCUT2D eigenvalue weighted by Gasteiger charge is 2.21. The summed E-state index contributed by atoms with van der Waals surface area (Å²) in [5.74, 6) is 2.16. The van der Waals surface area contributed by atoms with Crippen molar-refractivity contribution in [2.24, 2.45) is 5.92 Å². The fourth-order valence-electron chi connectivity index (χ4n) is 2.50. The predicted octanol–water partition coefficient (Wildman–Crippen LogP) is 2.21. The summed E-state index contributed by atoms with van der Waals surface area (Å²) in [4.78, 5) is 18.3. The van der Waals surface area contributed by atoms with Crippen molar-refractivity contribution < 1.29 is 9.32 Å². The minimum absolute atomic E-state index is 0.210. The molecule has 2 rings (SSSR count). The van der Waals surface area contributed by atoms with Crippen molar-refractivity contribution in [1.82, 2.24) is 15.0 Å². The van der Waals surface area contributed by atoms with E-state index in [1.54, 1.807) is 0 Å². The van der Waals surface area contributed by atoms with Crippen molar-refractivity contribution in [3.8, 4) is 0 Å². The molecule has 0 bridgehead atoms. The Kier molecular flexibility index (Phi) is 4.93. The van der Waals surface area contributed by atoms with Crippen LogP contribution in [0.5, 0.6) is 0 Å². The van der Waals surface area contributed by atoms with Gasteiger partial charge in [-0.15, -0.1) is 0 Å². The van der Waals surface area contributed by atoms with Gasteiger partial charge in [-0.25, -0.2) is 0 Å². The fourth-order valence-corrected chi connectivity index (χ4v) is 2.50. The van der Waals surface area contributed by atoms with Crippen LogP contribution in [0.25, 0.3) is 0 Å². The Labute approximate surface area is 114 Å². The average molecular weight is 265 g/mol. The molecule has 1 aliphatic heterocycles. The quantitative estimate of drug-likeness (QED) is 0.819. The predicted molar refractivity (Wildman–Crippen MR) is 71.6 cm³/mol. The van der Waals surface area contributed by atoms with Gasteiger partial charge in [0.15, 0.2) is 5.82 Å². The van der Waals surface area contributed by atoms with E-state index in [0.29, 0.717) is 24.7 Å². The van der Waals surface area contributed by atoms with Crippen molar-refractivity contribution in [2.45, 2.75) is 52.4 Å². The third-order valence-corrected chi connectivity index (χ3v) is 3.55. The van der Waals surface area contributed by atoms with Gasteiger partial charge in [-0.1, -0.05) is 19.0 Å². The number of piperidine rings is 1. The molecule has 5 nitrogen and oxygen atoms in total. The molecule has 1 saturated heterocycles. The van der Waals surface area contributed by atoms with Crippen molar-refractivity contribution in [3.63, 3.8) is 0 Å². The normalized spacial score (nSPS) is 19.7. The van der Waals surface area contributed by atoms with Gasteiger partial charge in [0.1, 0.15) is 0 Å². The first-order chi connectivity index (χ1) is 9.19. The minimum atomic E-state index is 0.210. The topological polar surface area (TPSA) is 59.2 Å². The number of carbonyl (C=O) groups excluding carboxylic acids is 1. The molecule has 19 heavy (non-hydrogen) atoms. The SMILES string of the molecule is CCCc1noc(CCC(=O)N2CCC[C@H](C)C2)n1. The Morgan fingerprint density at radius 2 is 2.32 bits per heavy atom. The van der Waals surface area contributed by atoms with Gasteiger partial charge in [0, 0.05) is 32.4 Å². The molecule has 0 spiro atoms. The largest absolute Gasteiger partial charge is 0.342 e. The summed E-state index contributed by atoms with van der Waals surface area (Å²) in [5, 5.41) is 3.90. The molecular formula is C14H23N3O2. The first-order valence-electron chi connectivity index (χ1n) is 7.28. The van der Waals surface area contributed by atoms with Crippen molar-refractivity contribution in [1.29, 1.82) is 0 Å². The Hall–Kier alpha value is -1.39. The van der Waals surface area contributed by atoms with Gasteiger partial charge in [-0.3, -0.25) is 4.79 Å². The van der Waals surface area contributed by atoms with E-state index in [1.807, 2.05) is 4.90 Å². The zero-order valence-corrected chi connectivity index (χ0v) is 11.9. The van der Waals surface area contributed by atoms with Gasteiger partial charge in [0.25, 0.3) is 0 Å². The van der Waals surface area contributed by atoms with Crippen LogP contribution in [0.1, 0.15) is 51.2 Å². The standard InChI is InChI=1S/C14H23N3O2/c1-3-5-12-15-13(19-16-12)7-8-14(18)17-9-4-6-11(2)10-17/h11H,3-10H2,1-2H3/t11-/m0/s1. The Morgan fingerprint density at radius 3 is 3.05 bits per heavy atom. The number of aromatic nitrogens is 2. The van der Waals surface area contributed by atoms with Crippen LogP contribution in [0.15, 0.2) is 4.52 Å². The second-order valence-electron chi connectivity index (χ2n) is 5.44. The number of rotatable bonds is 5. The maximum absolute atomic E-state index is 12.1. The molecular weight excluding hydrogens is 242 g/mol. The van der Waals surface area contributed by atoms with E-state index in [4.69, 9.17) is 4.52 Å². The number of hydrogen-bond acceptors (Lipinski definition) is 4. The molecule has 1 atom stereocenters. The van der Waals surface area contributed by atoms with Crippen LogP contribution in [0.4, 0.5) is 0 Å². The third kappa shape index (κ3) is 4.04. The van der Waals surface area contributed by atoms with Crippen molar-refractivity contribution in [2.75, 3.05) is 13.1 Å². The smallest absolute Gasteiger partial charge is 0.227 e. The highest BCUT2D eigenvalue weighted by atomic mass is 16.5. The minimum Gasteiger partial charge on any atom is -0.342 e.